The normalized spacial score (nSPS) is 27.2. The molecular weight excluding hydrogens is 220 g/mol. The average Bonchev–Trinajstić information content (AvgIpc) is 2.35. The van der Waals surface area contributed by atoms with Crippen LogP contribution >= 0.6 is 0 Å². The fraction of sp³-hybridized carbons (Fsp3) is 0.833. The molecule has 2 heterocycles. The van der Waals surface area contributed by atoms with Gasteiger partial charge in [-0.05, 0) is 0 Å². The summed E-state index contributed by atoms with van der Waals surface area (Å²) in [6, 6.07) is 0. The molecular formula is C12H20N2O3. The third-order valence-electron chi connectivity index (χ3n) is 3.48. The van der Waals surface area contributed by atoms with Gasteiger partial charge in [0.1, 0.15) is 5.78 Å². The van der Waals surface area contributed by atoms with Crippen LogP contribution in [0.2, 0.25) is 0 Å². The lowest BCUT2D eigenvalue weighted by Gasteiger charge is -2.33. The second kappa shape index (κ2) is 5.60. The minimum atomic E-state index is 0.0706. The van der Waals surface area contributed by atoms with Gasteiger partial charge < -0.3 is 9.64 Å². The molecule has 0 bridgehead atoms. The van der Waals surface area contributed by atoms with Gasteiger partial charge in [0.2, 0.25) is 5.91 Å². The van der Waals surface area contributed by atoms with Gasteiger partial charge in [-0.25, -0.2) is 0 Å². The van der Waals surface area contributed by atoms with Crippen LogP contribution in [0.3, 0.4) is 0 Å². The summed E-state index contributed by atoms with van der Waals surface area (Å²) in [6.07, 6.45) is 0.581. The highest BCUT2D eigenvalue weighted by Crippen LogP contribution is 2.12. The van der Waals surface area contributed by atoms with Crippen molar-refractivity contribution in [1.29, 1.82) is 0 Å². The fourth-order valence-electron chi connectivity index (χ4n) is 2.34. The van der Waals surface area contributed by atoms with Gasteiger partial charge in [-0.3, -0.25) is 14.5 Å². The van der Waals surface area contributed by atoms with Crippen molar-refractivity contribution in [3.8, 4) is 0 Å². The molecule has 0 N–H and O–H groups in total. The van der Waals surface area contributed by atoms with Crippen molar-refractivity contribution < 1.29 is 14.3 Å². The average molecular weight is 240 g/mol. The number of ketones is 1. The number of likely N-dealkylation sites (tertiary alicyclic amines) is 1. The number of nitrogens with zero attached hydrogens (tertiary/aromatic N) is 2. The maximum Gasteiger partial charge on any atom is 0.236 e. The zero-order valence-electron chi connectivity index (χ0n) is 10.4. The Hall–Kier alpha value is -0.940. The molecule has 0 spiro atoms. The van der Waals surface area contributed by atoms with E-state index in [2.05, 4.69) is 4.90 Å². The summed E-state index contributed by atoms with van der Waals surface area (Å²) in [5.41, 5.74) is 0. The minimum Gasteiger partial charge on any atom is -0.378 e. The first-order chi connectivity index (χ1) is 8.16. The molecule has 2 rings (SSSR count). The van der Waals surface area contributed by atoms with Crippen LogP contribution in [0.25, 0.3) is 0 Å². The van der Waals surface area contributed by atoms with E-state index in [0.717, 1.165) is 13.1 Å². The summed E-state index contributed by atoms with van der Waals surface area (Å²) in [7, 11) is 0. The van der Waals surface area contributed by atoms with Gasteiger partial charge in [-0.2, -0.15) is 0 Å². The number of hydrogen-bond donors (Lipinski definition) is 0. The van der Waals surface area contributed by atoms with Gasteiger partial charge in [0.15, 0.2) is 0 Å². The number of hydrogen-bond acceptors (Lipinski definition) is 4. The number of ether oxygens (including phenoxy) is 1. The number of piperidine rings is 1. The predicted octanol–water partition coefficient (Wildman–Crippen LogP) is -0.244. The summed E-state index contributed by atoms with van der Waals surface area (Å²) >= 11 is 0. The third kappa shape index (κ3) is 3.26. The topological polar surface area (TPSA) is 49.9 Å². The first-order valence-corrected chi connectivity index (χ1v) is 6.27. The molecule has 1 unspecified atom stereocenters. The van der Waals surface area contributed by atoms with E-state index in [1.165, 1.54) is 0 Å². The van der Waals surface area contributed by atoms with Crippen LogP contribution in [0.5, 0.6) is 0 Å². The van der Waals surface area contributed by atoms with Gasteiger partial charge in [-0.15, -0.1) is 0 Å². The van der Waals surface area contributed by atoms with Gasteiger partial charge >= 0.3 is 0 Å². The number of Topliss-reactive ketones (excluding diaryl/α,β-unsaturated/α-hetero) is 1. The lowest BCUT2D eigenvalue weighted by molar-refractivity contribution is -0.138. The van der Waals surface area contributed by atoms with E-state index in [1.54, 1.807) is 0 Å². The molecule has 17 heavy (non-hydrogen) atoms. The summed E-state index contributed by atoms with van der Waals surface area (Å²) < 4.78 is 5.22. The van der Waals surface area contributed by atoms with Crippen molar-refractivity contribution in [2.45, 2.75) is 13.3 Å². The van der Waals surface area contributed by atoms with Crippen LogP contribution in [-0.2, 0) is 14.3 Å². The number of amides is 1. The van der Waals surface area contributed by atoms with Crippen LogP contribution in [0.15, 0.2) is 0 Å². The monoisotopic (exact) mass is 240 g/mol. The van der Waals surface area contributed by atoms with E-state index in [4.69, 9.17) is 4.74 Å². The lowest BCUT2D eigenvalue weighted by Crippen LogP contribution is -2.48. The van der Waals surface area contributed by atoms with Crippen LogP contribution in [0.1, 0.15) is 13.3 Å². The Morgan fingerprint density at radius 1 is 1.35 bits per heavy atom. The molecule has 2 saturated heterocycles. The second-order valence-corrected chi connectivity index (χ2v) is 4.85. The van der Waals surface area contributed by atoms with Gasteiger partial charge in [0.25, 0.3) is 0 Å². The Bertz CT molecular complexity index is 300. The van der Waals surface area contributed by atoms with Crippen LogP contribution in [-0.4, -0.2) is 67.4 Å². The minimum absolute atomic E-state index is 0.0706. The smallest absolute Gasteiger partial charge is 0.236 e. The second-order valence-electron chi connectivity index (χ2n) is 4.85. The van der Waals surface area contributed by atoms with Crippen LogP contribution in [0, 0.1) is 5.92 Å². The van der Waals surface area contributed by atoms with Gasteiger partial charge in [0, 0.05) is 38.5 Å². The number of morpholine rings is 1. The van der Waals surface area contributed by atoms with E-state index < -0.39 is 0 Å². The van der Waals surface area contributed by atoms with E-state index in [9.17, 15) is 9.59 Å². The quantitative estimate of drug-likeness (QED) is 0.668. The third-order valence-corrected chi connectivity index (χ3v) is 3.48. The van der Waals surface area contributed by atoms with E-state index in [1.807, 2.05) is 11.8 Å². The van der Waals surface area contributed by atoms with Crippen molar-refractivity contribution in [1.82, 2.24) is 9.80 Å². The SMILES string of the molecule is CC1CN(CC(=O)N2CCOCC2)CCC1=O. The highest BCUT2D eigenvalue weighted by atomic mass is 16.5. The van der Waals surface area contributed by atoms with Crippen molar-refractivity contribution in [3.63, 3.8) is 0 Å². The van der Waals surface area contributed by atoms with Gasteiger partial charge in [-0.1, -0.05) is 6.92 Å². The standard InChI is InChI=1S/C12H20N2O3/c1-10-8-13(3-2-11(10)15)9-12(16)14-4-6-17-7-5-14/h10H,2-9H2,1H3. The molecule has 96 valence electrons. The molecule has 0 aromatic heterocycles. The van der Waals surface area contributed by atoms with Crippen molar-refractivity contribution in [2.75, 3.05) is 45.9 Å². The zero-order valence-corrected chi connectivity index (χ0v) is 10.4. The molecule has 2 aliphatic heterocycles. The zero-order chi connectivity index (χ0) is 12.3. The highest BCUT2D eigenvalue weighted by molar-refractivity contribution is 5.82. The maximum atomic E-state index is 12.0. The molecule has 0 aromatic rings. The van der Waals surface area contributed by atoms with E-state index >= 15 is 0 Å². The summed E-state index contributed by atoms with van der Waals surface area (Å²) in [5, 5.41) is 0. The Morgan fingerprint density at radius 3 is 2.71 bits per heavy atom. The largest absolute Gasteiger partial charge is 0.378 e. The highest BCUT2D eigenvalue weighted by Gasteiger charge is 2.26. The molecule has 0 aliphatic carbocycles. The molecule has 2 aliphatic rings. The number of rotatable bonds is 2. The molecule has 0 radical (unpaired) electrons. The van der Waals surface area contributed by atoms with E-state index in [-0.39, 0.29) is 11.8 Å². The molecule has 5 nitrogen and oxygen atoms in total. The molecule has 0 aromatic carbocycles. The van der Waals surface area contributed by atoms with Crippen molar-refractivity contribution in [2.24, 2.45) is 5.92 Å². The first kappa shape index (κ1) is 12.5. The Kier molecular flexibility index (Phi) is 4.12. The summed E-state index contributed by atoms with van der Waals surface area (Å²) in [5.74, 6) is 0.552. The van der Waals surface area contributed by atoms with Crippen molar-refractivity contribution in [3.05, 3.63) is 0 Å². The maximum absolute atomic E-state index is 12.0. The number of carbonyl (C=O) groups excluding carboxylic acids is 2. The molecule has 5 heteroatoms. The Balaban J connectivity index is 1.80. The Morgan fingerprint density at radius 2 is 2.06 bits per heavy atom. The fourth-order valence-corrected chi connectivity index (χ4v) is 2.34. The first-order valence-electron chi connectivity index (χ1n) is 6.27. The summed E-state index contributed by atoms with van der Waals surface area (Å²) in [4.78, 5) is 27.3. The number of carbonyl (C=O) groups is 2. The lowest BCUT2D eigenvalue weighted by atomic mass is 9.99. The molecule has 1 atom stereocenters. The van der Waals surface area contributed by atoms with Gasteiger partial charge in [0.05, 0.1) is 19.8 Å². The van der Waals surface area contributed by atoms with Crippen LogP contribution < -0.4 is 0 Å². The van der Waals surface area contributed by atoms with Crippen LogP contribution in [0.4, 0.5) is 0 Å². The van der Waals surface area contributed by atoms with Crippen molar-refractivity contribution >= 4 is 11.7 Å². The molecule has 2 fully saturated rings. The molecule has 1 amide bonds. The Labute approximate surface area is 102 Å². The van der Waals surface area contributed by atoms with E-state index in [0.29, 0.717) is 45.1 Å². The molecule has 0 saturated carbocycles. The summed E-state index contributed by atoms with van der Waals surface area (Å²) in [6.45, 7) is 6.49. The predicted molar refractivity (Wildman–Crippen MR) is 62.6 cm³/mol.